The van der Waals surface area contributed by atoms with E-state index in [-0.39, 0.29) is 5.91 Å². The lowest BCUT2D eigenvalue weighted by Crippen LogP contribution is -2.19. The van der Waals surface area contributed by atoms with Crippen molar-refractivity contribution in [1.82, 2.24) is 5.32 Å². The van der Waals surface area contributed by atoms with Gasteiger partial charge in [-0.2, -0.15) is 8.42 Å². The van der Waals surface area contributed by atoms with Gasteiger partial charge in [0, 0.05) is 6.54 Å². The molecular weight excluding hydrogens is 198 g/mol. The van der Waals surface area contributed by atoms with Crippen molar-refractivity contribution in [2.24, 2.45) is 0 Å². The number of carbonyl (C=O) groups is 1. The van der Waals surface area contributed by atoms with E-state index in [2.05, 4.69) is 16.1 Å². The van der Waals surface area contributed by atoms with Crippen LogP contribution in [0.4, 0.5) is 0 Å². The normalized spacial score (nSPS) is 9.46. The summed E-state index contributed by atoms with van der Waals surface area (Å²) in [6, 6.07) is 0. The molecule has 0 aliphatic heterocycles. The van der Waals surface area contributed by atoms with Crippen molar-refractivity contribution in [3.63, 3.8) is 0 Å². The zero-order valence-electron chi connectivity index (χ0n) is 7.48. The summed E-state index contributed by atoms with van der Waals surface area (Å²) in [7, 11) is -3.29. The molecule has 13 heavy (non-hydrogen) atoms. The highest BCUT2D eigenvalue weighted by atomic mass is 32.3. The lowest BCUT2D eigenvalue weighted by atomic mass is 10.6. The number of carbonyl (C=O) groups excluding carboxylic acids is 1. The molecule has 0 bridgehead atoms. The Balaban J connectivity index is 0. The van der Waals surface area contributed by atoms with Crippen LogP contribution in [0.2, 0.25) is 0 Å². The Labute approximate surface area is 77.5 Å². The largest absolute Gasteiger partial charge is 0.397 e. The fourth-order valence-electron chi connectivity index (χ4n) is 0.246. The molecule has 7 heteroatoms. The van der Waals surface area contributed by atoms with Gasteiger partial charge in [-0.1, -0.05) is 6.58 Å². The molecule has 0 saturated carbocycles. The van der Waals surface area contributed by atoms with Crippen LogP contribution in [-0.2, 0) is 19.4 Å². The van der Waals surface area contributed by atoms with E-state index in [1.165, 1.54) is 6.08 Å². The molecule has 0 aromatic heterocycles. The first-order valence-electron chi connectivity index (χ1n) is 3.30. The Morgan fingerprint density at radius 2 is 2.08 bits per heavy atom. The third-order valence-corrected chi connectivity index (χ3v) is 1.17. The standard InChI is InChI=1S/C5H9NO.CH4O4S/c1-3-5(7)6-4-2;1-5-6(2,3)4/h3H,1,4H2,2H3,(H,6,7);1H3,(H,2,3,4). The number of rotatable bonds is 3. The van der Waals surface area contributed by atoms with Crippen LogP contribution in [-0.4, -0.2) is 32.5 Å². The van der Waals surface area contributed by atoms with Gasteiger partial charge >= 0.3 is 10.4 Å². The van der Waals surface area contributed by atoms with E-state index in [1.807, 2.05) is 6.92 Å². The summed E-state index contributed by atoms with van der Waals surface area (Å²) in [5.74, 6) is -0.109. The Kier molecular flexibility index (Phi) is 8.66. The van der Waals surface area contributed by atoms with Crippen LogP contribution < -0.4 is 5.32 Å². The van der Waals surface area contributed by atoms with Crippen molar-refractivity contribution in [1.29, 1.82) is 0 Å². The molecule has 2 N–H and O–H groups in total. The minimum Gasteiger partial charge on any atom is -0.353 e. The molecule has 6 nitrogen and oxygen atoms in total. The molecule has 78 valence electrons. The maximum atomic E-state index is 10.2. The monoisotopic (exact) mass is 211 g/mol. The van der Waals surface area contributed by atoms with E-state index in [4.69, 9.17) is 4.55 Å². The maximum absolute atomic E-state index is 10.2. The minimum absolute atomic E-state index is 0.109. The smallest absolute Gasteiger partial charge is 0.353 e. The van der Waals surface area contributed by atoms with E-state index >= 15 is 0 Å². The van der Waals surface area contributed by atoms with E-state index in [9.17, 15) is 13.2 Å². The van der Waals surface area contributed by atoms with Crippen molar-refractivity contribution in [2.45, 2.75) is 6.92 Å². The first-order chi connectivity index (χ1) is 5.87. The van der Waals surface area contributed by atoms with E-state index < -0.39 is 10.4 Å². The highest BCUT2D eigenvalue weighted by molar-refractivity contribution is 7.80. The van der Waals surface area contributed by atoms with Crippen LogP contribution in [0.1, 0.15) is 6.92 Å². The van der Waals surface area contributed by atoms with Gasteiger partial charge in [0.15, 0.2) is 0 Å². The predicted molar refractivity (Wildman–Crippen MR) is 47.4 cm³/mol. The van der Waals surface area contributed by atoms with Crippen molar-refractivity contribution in [3.05, 3.63) is 12.7 Å². The molecule has 0 unspecified atom stereocenters. The van der Waals surface area contributed by atoms with Gasteiger partial charge in [-0.05, 0) is 13.0 Å². The first kappa shape index (κ1) is 14.6. The molecule has 0 rings (SSSR count). The predicted octanol–water partition coefficient (Wildman–Crippen LogP) is -0.256. The molecule has 0 aromatic carbocycles. The number of nitrogens with one attached hydrogen (secondary N) is 1. The lowest BCUT2D eigenvalue weighted by molar-refractivity contribution is -0.116. The van der Waals surface area contributed by atoms with Crippen LogP contribution >= 0.6 is 0 Å². The molecule has 1 amide bonds. The van der Waals surface area contributed by atoms with Crippen LogP contribution in [0, 0.1) is 0 Å². The number of hydrogen-bond donors (Lipinski definition) is 2. The lowest BCUT2D eigenvalue weighted by Gasteiger charge is -1.90. The van der Waals surface area contributed by atoms with Crippen molar-refractivity contribution in [2.75, 3.05) is 13.7 Å². The van der Waals surface area contributed by atoms with Crippen LogP contribution in [0.15, 0.2) is 12.7 Å². The number of hydrogen-bond acceptors (Lipinski definition) is 4. The van der Waals surface area contributed by atoms with Gasteiger partial charge in [0.2, 0.25) is 5.91 Å². The molecule has 0 atom stereocenters. The van der Waals surface area contributed by atoms with E-state index in [1.54, 1.807) is 0 Å². The van der Waals surface area contributed by atoms with Crippen LogP contribution in [0.5, 0.6) is 0 Å². The molecule has 0 fully saturated rings. The summed E-state index contributed by atoms with van der Waals surface area (Å²) in [5.41, 5.74) is 0. The fourth-order valence-corrected chi connectivity index (χ4v) is 0.246. The zero-order valence-corrected chi connectivity index (χ0v) is 8.30. The van der Waals surface area contributed by atoms with Gasteiger partial charge < -0.3 is 5.32 Å². The molecule has 0 aliphatic rings. The third kappa shape index (κ3) is 18.2. The SMILES string of the molecule is C=CC(=O)NCC.COS(=O)(=O)O. The summed E-state index contributed by atoms with van der Waals surface area (Å²) in [6.45, 7) is 5.80. The minimum atomic E-state index is -4.16. The molecule has 0 radical (unpaired) electrons. The molecule has 0 aliphatic carbocycles. The Morgan fingerprint density at radius 1 is 1.69 bits per heavy atom. The quantitative estimate of drug-likeness (QED) is 0.495. The highest BCUT2D eigenvalue weighted by Gasteiger charge is 1.94. The second-order valence-corrected chi connectivity index (χ2v) is 2.88. The van der Waals surface area contributed by atoms with Gasteiger partial charge in [-0.15, -0.1) is 0 Å². The summed E-state index contributed by atoms with van der Waals surface area (Å²) < 4.78 is 29.7. The topological polar surface area (TPSA) is 92.7 Å². The van der Waals surface area contributed by atoms with Gasteiger partial charge in [-0.25, -0.2) is 0 Å². The van der Waals surface area contributed by atoms with E-state index in [0.29, 0.717) is 6.54 Å². The summed E-state index contributed by atoms with van der Waals surface area (Å²) in [5, 5.41) is 2.54. The summed E-state index contributed by atoms with van der Waals surface area (Å²) in [4.78, 5) is 10.2. The van der Waals surface area contributed by atoms with Gasteiger partial charge in [-0.3, -0.25) is 13.5 Å². The number of amides is 1. The highest BCUT2D eigenvalue weighted by Crippen LogP contribution is 1.74. The molecule has 0 spiro atoms. The van der Waals surface area contributed by atoms with Gasteiger partial charge in [0.1, 0.15) is 0 Å². The van der Waals surface area contributed by atoms with Crippen molar-refractivity contribution in [3.8, 4) is 0 Å². The van der Waals surface area contributed by atoms with E-state index in [0.717, 1.165) is 7.11 Å². The second kappa shape index (κ2) is 7.71. The van der Waals surface area contributed by atoms with Crippen molar-refractivity contribution >= 4 is 16.3 Å². The molecule has 0 heterocycles. The summed E-state index contributed by atoms with van der Waals surface area (Å²) in [6.07, 6.45) is 1.25. The summed E-state index contributed by atoms with van der Waals surface area (Å²) >= 11 is 0. The average molecular weight is 211 g/mol. The zero-order chi connectivity index (χ0) is 10.9. The first-order valence-corrected chi connectivity index (χ1v) is 4.67. The van der Waals surface area contributed by atoms with Crippen LogP contribution in [0.3, 0.4) is 0 Å². The maximum Gasteiger partial charge on any atom is 0.397 e. The fraction of sp³-hybridized carbons (Fsp3) is 0.500. The molecule has 0 saturated heterocycles. The number of likely N-dealkylation sites (N-methyl/N-ethyl adjacent to an activating group) is 1. The van der Waals surface area contributed by atoms with Crippen molar-refractivity contribution < 1.29 is 21.9 Å². The van der Waals surface area contributed by atoms with Crippen LogP contribution in [0.25, 0.3) is 0 Å². The molecular formula is C6H13NO5S. The Morgan fingerprint density at radius 3 is 2.15 bits per heavy atom. The average Bonchev–Trinajstić information content (AvgIpc) is 2.05. The Bertz CT molecular complexity index is 246. The Hall–Kier alpha value is -0.920. The third-order valence-electron chi connectivity index (χ3n) is 0.747. The second-order valence-electron chi connectivity index (χ2n) is 1.69. The molecule has 0 aromatic rings. The van der Waals surface area contributed by atoms with Gasteiger partial charge in [0.05, 0.1) is 7.11 Å². The van der Waals surface area contributed by atoms with Gasteiger partial charge in [0.25, 0.3) is 0 Å².